The second kappa shape index (κ2) is 9.38. The Morgan fingerprint density at radius 2 is 1.84 bits per heavy atom. The van der Waals surface area contributed by atoms with E-state index < -0.39 is 17.8 Å². The smallest absolute Gasteiger partial charge is 0.432 e. The summed E-state index contributed by atoms with van der Waals surface area (Å²) in [4.78, 5) is 15.2. The van der Waals surface area contributed by atoms with Gasteiger partial charge in [-0.1, -0.05) is 36.9 Å². The number of hydrogen-bond acceptors (Lipinski definition) is 6. The zero-order valence-corrected chi connectivity index (χ0v) is 17.1. The van der Waals surface area contributed by atoms with Crippen LogP contribution in [0, 0.1) is 0 Å². The lowest BCUT2D eigenvalue weighted by Crippen LogP contribution is -2.27. The predicted octanol–water partition coefficient (Wildman–Crippen LogP) is 4.03. The zero-order valence-electron chi connectivity index (χ0n) is 17.1. The van der Waals surface area contributed by atoms with Crippen LogP contribution in [0.4, 0.5) is 18.9 Å². The molecule has 0 aromatic heterocycles. The molecule has 7 nitrogen and oxygen atoms in total. The highest BCUT2D eigenvalue weighted by atomic mass is 19.4. The fourth-order valence-corrected chi connectivity index (χ4v) is 2.78. The Kier molecular flexibility index (Phi) is 6.62. The van der Waals surface area contributed by atoms with Gasteiger partial charge in [0.25, 0.3) is 0 Å². The summed E-state index contributed by atoms with van der Waals surface area (Å²) in [5.41, 5.74) is 6.69. The number of hydrogen-bond donors (Lipinski definition) is 2. The molecule has 0 fully saturated rings. The van der Waals surface area contributed by atoms with Gasteiger partial charge < -0.3 is 15.8 Å². The maximum Gasteiger partial charge on any atom is 0.432 e. The topological polar surface area (TPSA) is 92.3 Å². The number of hydrazone groups is 1. The third-order valence-corrected chi connectivity index (χ3v) is 4.43. The molecular formula is C22H20F3N5O2. The van der Waals surface area contributed by atoms with Crippen LogP contribution in [0.25, 0.3) is 0 Å². The second-order valence-corrected chi connectivity index (χ2v) is 6.69. The number of carbonyl (C=O) groups excluding carboxylic acids is 1. The van der Waals surface area contributed by atoms with Gasteiger partial charge in [0, 0.05) is 5.69 Å². The van der Waals surface area contributed by atoms with Gasteiger partial charge in [0.15, 0.2) is 5.84 Å². The number of nitrogens with zero attached hydrogens (tertiary/aromatic N) is 3. The van der Waals surface area contributed by atoms with Crippen LogP contribution in [0.3, 0.4) is 0 Å². The first kappa shape index (κ1) is 22.6. The van der Waals surface area contributed by atoms with Crippen molar-refractivity contribution in [2.75, 3.05) is 12.4 Å². The number of esters is 1. The number of nitrogens with two attached hydrogens (primary N) is 1. The van der Waals surface area contributed by atoms with E-state index in [4.69, 9.17) is 5.73 Å². The van der Waals surface area contributed by atoms with E-state index in [1.807, 2.05) is 30.3 Å². The molecule has 0 bridgehead atoms. The summed E-state index contributed by atoms with van der Waals surface area (Å²) in [5.74, 6) is -0.557. The summed E-state index contributed by atoms with van der Waals surface area (Å²) in [7, 11) is 1.27. The minimum absolute atomic E-state index is 0.0313. The highest BCUT2D eigenvalue weighted by molar-refractivity contribution is 6.19. The number of methoxy groups -OCH3 is 1. The van der Waals surface area contributed by atoms with Crippen molar-refractivity contribution < 1.29 is 22.7 Å². The number of benzene rings is 2. The Bertz CT molecular complexity index is 1090. The van der Waals surface area contributed by atoms with Gasteiger partial charge in [-0.3, -0.25) is 0 Å². The van der Waals surface area contributed by atoms with E-state index in [0.717, 1.165) is 5.56 Å². The summed E-state index contributed by atoms with van der Waals surface area (Å²) in [6.45, 7) is 3.21. The van der Waals surface area contributed by atoms with Crippen LogP contribution >= 0.6 is 0 Å². The van der Waals surface area contributed by atoms with Crippen LogP contribution in [0.15, 0.2) is 88.4 Å². The van der Waals surface area contributed by atoms with Crippen molar-refractivity contribution >= 4 is 23.7 Å². The lowest BCUT2D eigenvalue weighted by atomic mass is 10.2. The molecule has 32 heavy (non-hydrogen) atoms. The zero-order chi connectivity index (χ0) is 23.3. The van der Waals surface area contributed by atoms with E-state index in [9.17, 15) is 18.0 Å². The molecule has 0 radical (unpaired) electrons. The van der Waals surface area contributed by atoms with E-state index >= 15 is 0 Å². The predicted molar refractivity (Wildman–Crippen MR) is 116 cm³/mol. The minimum atomic E-state index is -4.70. The van der Waals surface area contributed by atoms with Crippen molar-refractivity contribution in [1.82, 2.24) is 5.01 Å². The Labute approximate surface area is 182 Å². The van der Waals surface area contributed by atoms with Gasteiger partial charge in [0.05, 0.1) is 31.0 Å². The molecule has 0 aliphatic carbocycles. The summed E-state index contributed by atoms with van der Waals surface area (Å²) in [6, 6.07) is 15.3. The molecule has 0 unspecified atom stereocenters. The maximum absolute atomic E-state index is 13.1. The number of amidine groups is 1. The molecular weight excluding hydrogens is 423 g/mol. The lowest BCUT2D eigenvalue weighted by molar-refractivity contribution is -0.0919. The number of allylic oxidation sites excluding steroid dienone is 1. The van der Waals surface area contributed by atoms with Crippen molar-refractivity contribution in [1.29, 1.82) is 0 Å². The molecule has 0 saturated carbocycles. The van der Waals surface area contributed by atoms with E-state index in [-0.39, 0.29) is 23.8 Å². The lowest BCUT2D eigenvalue weighted by Gasteiger charge is -2.18. The molecule has 0 amide bonds. The molecule has 1 aliphatic rings. The number of alkyl halides is 3. The van der Waals surface area contributed by atoms with E-state index in [2.05, 4.69) is 26.7 Å². The molecule has 0 saturated heterocycles. The van der Waals surface area contributed by atoms with Crippen molar-refractivity contribution in [2.24, 2.45) is 15.8 Å². The van der Waals surface area contributed by atoms with Crippen LogP contribution in [0.1, 0.15) is 15.9 Å². The standard InChI is InChI=1S/C22H20F3N5O2/c1-14(22(23,24)25)28-20-18(12-27-30(20)13-15-6-4-3-5-7-15)19(26)29-17-10-8-16(9-11-17)21(31)32-2/h3-12,29H,1,13,26H2,2H3/b19-18+,28-20+. The van der Waals surface area contributed by atoms with Gasteiger partial charge in [-0.25, -0.2) is 14.8 Å². The van der Waals surface area contributed by atoms with Crippen molar-refractivity contribution in [3.63, 3.8) is 0 Å². The largest absolute Gasteiger partial charge is 0.465 e. The van der Waals surface area contributed by atoms with Gasteiger partial charge in [0.1, 0.15) is 11.5 Å². The van der Waals surface area contributed by atoms with Gasteiger partial charge in [-0.05, 0) is 29.8 Å². The van der Waals surface area contributed by atoms with Crippen molar-refractivity contribution in [3.05, 3.63) is 89.4 Å². The number of ether oxygens (including phenoxy) is 1. The van der Waals surface area contributed by atoms with Crippen molar-refractivity contribution in [3.8, 4) is 0 Å². The van der Waals surface area contributed by atoms with Crippen LogP contribution in [-0.2, 0) is 11.3 Å². The number of anilines is 1. The quantitative estimate of drug-likeness (QED) is 0.658. The van der Waals surface area contributed by atoms with Gasteiger partial charge >= 0.3 is 12.1 Å². The molecule has 0 spiro atoms. The summed E-state index contributed by atoms with van der Waals surface area (Å²) in [5, 5.41) is 8.38. The van der Waals surface area contributed by atoms with Crippen LogP contribution in [0.5, 0.6) is 0 Å². The van der Waals surface area contributed by atoms with Gasteiger partial charge in [-0.15, -0.1) is 0 Å². The fourth-order valence-electron chi connectivity index (χ4n) is 2.78. The second-order valence-electron chi connectivity index (χ2n) is 6.69. The van der Waals surface area contributed by atoms with Gasteiger partial charge in [0.2, 0.25) is 0 Å². The van der Waals surface area contributed by atoms with Crippen LogP contribution in [0.2, 0.25) is 0 Å². The molecule has 1 heterocycles. The Morgan fingerprint density at radius 3 is 2.44 bits per heavy atom. The molecule has 3 N–H and O–H groups in total. The maximum atomic E-state index is 13.1. The molecule has 2 aromatic carbocycles. The van der Waals surface area contributed by atoms with E-state index in [0.29, 0.717) is 11.3 Å². The van der Waals surface area contributed by atoms with Crippen LogP contribution in [-0.4, -0.2) is 36.3 Å². The van der Waals surface area contributed by atoms with Gasteiger partial charge in [-0.2, -0.15) is 18.3 Å². The molecule has 1 aliphatic heterocycles. The van der Waals surface area contributed by atoms with E-state index in [1.54, 1.807) is 12.1 Å². The highest BCUT2D eigenvalue weighted by Gasteiger charge is 2.34. The first-order chi connectivity index (χ1) is 15.2. The summed E-state index contributed by atoms with van der Waals surface area (Å²) in [6.07, 6.45) is -3.37. The van der Waals surface area contributed by atoms with Crippen molar-refractivity contribution in [2.45, 2.75) is 12.7 Å². The highest BCUT2D eigenvalue weighted by Crippen LogP contribution is 2.27. The monoisotopic (exact) mass is 443 g/mol. The summed E-state index contributed by atoms with van der Waals surface area (Å²) < 4.78 is 43.9. The SMILES string of the molecule is C=C(/N=C1\C(=C(/N)Nc2ccc(C(=O)OC)cc2)C=NN1Cc1ccccc1)C(F)(F)F. The number of nitrogens with one attached hydrogen (secondary N) is 1. The molecule has 10 heteroatoms. The molecule has 0 atom stereocenters. The number of carbonyl (C=O) groups is 1. The average Bonchev–Trinajstić information content (AvgIpc) is 3.16. The first-order valence-electron chi connectivity index (χ1n) is 9.35. The Hall–Kier alpha value is -4.08. The Morgan fingerprint density at radius 1 is 1.19 bits per heavy atom. The number of aliphatic imine (C=N–C) groups is 1. The normalized spacial score (nSPS) is 16.2. The number of rotatable bonds is 6. The Balaban J connectivity index is 1.90. The third kappa shape index (κ3) is 5.34. The average molecular weight is 443 g/mol. The molecule has 2 aromatic rings. The molecule has 166 valence electrons. The fraction of sp³-hybridized carbons (Fsp3) is 0.136. The summed E-state index contributed by atoms with van der Waals surface area (Å²) >= 11 is 0. The van der Waals surface area contributed by atoms with E-state index in [1.165, 1.54) is 30.5 Å². The van der Waals surface area contributed by atoms with Crippen LogP contribution < -0.4 is 11.1 Å². The molecule has 3 rings (SSSR count). The third-order valence-electron chi connectivity index (χ3n) is 4.43. The minimum Gasteiger partial charge on any atom is -0.465 e. The first-order valence-corrected chi connectivity index (χ1v) is 9.35. The number of halogens is 3.